The van der Waals surface area contributed by atoms with Crippen molar-refractivity contribution < 1.29 is 24.2 Å². The third-order valence-electron chi connectivity index (χ3n) is 8.01. The van der Waals surface area contributed by atoms with Gasteiger partial charge in [-0.15, -0.1) is 11.1 Å². The van der Waals surface area contributed by atoms with Crippen LogP contribution >= 0.6 is 0 Å². The third-order valence-corrected chi connectivity index (χ3v) is 9.59. The van der Waals surface area contributed by atoms with Gasteiger partial charge in [-0.05, 0) is 28.4 Å². The Hall–Kier alpha value is -2.11. The van der Waals surface area contributed by atoms with Gasteiger partial charge in [0.25, 0.3) is 0 Å². The molecule has 1 atom stereocenters. The summed E-state index contributed by atoms with van der Waals surface area (Å²) in [4.78, 5) is 0. The first-order valence-corrected chi connectivity index (χ1v) is 16.8. The van der Waals surface area contributed by atoms with Gasteiger partial charge in [0, 0.05) is 0 Å². The summed E-state index contributed by atoms with van der Waals surface area (Å²) in [5.41, 5.74) is 13.2. The average molecular weight is 636 g/mol. The Morgan fingerprint density at radius 2 is 1.43 bits per heavy atom. The van der Waals surface area contributed by atoms with Crippen LogP contribution in [0.15, 0.2) is 77.9 Å². The molecule has 0 amide bonds. The van der Waals surface area contributed by atoms with Crippen LogP contribution in [0, 0.1) is 23.5 Å². The van der Waals surface area contributed by atoms with Crippen LogP contribution in [0.5, 0.6) is 0 Å². The Balaban J connectivity index is 0.000000194. The molecule has 0 N–H and O–H groups in total. The van der Waals surface area contributed by atoms with Crippen molar-refractivity contribution in [2.24, 2.45) is 11.3 Å². The number of benzene rings is 3. The molecule has 1 unspecified atom stereocenters. The molecular formula is C41H52Zr. The van der Waals surface area contributed by atoms with E-state index in [1.807, 2.05) is 0 Å². The van der Waals surface area contributed by atoms with Crippen molar-refractivity contribution in [3.63, 3.8) is 0 Å². The minimum atomic E-state index is 0.167. The Labute approximate surface area is 273 Å². The predicted molar refractivity (Wildman–Crippen MR) is 181 cm³/mol. The van der Waals surface area contributed by atoms with E-state index in [9.17, 15) is 0 Å². The molecule has 0 nitrogen and oxygen atoms in total. The Morgan fingerprint density at radius 3 is 1.90 bits per heavy atom. The van der Waals surface area contributed by atoms with Crippen molar-refractivity contribution in [2.75, 3.05) is 0 Å². The van der Waals surface area contributed by atoms with Gasteiger partial charge in [-0.1, -0.05) is 111 Å². The fourth-order valence-corrected chi connectivity index (χ4v) is 5.93. The topological polar surface area (TPSA) is 0 Å². The zero-order valence-electron chi connectivity index (χ0n) is 28.3. The molecule has 0 aliphatic heterocycles. The second kappa shape index (κ2) is 13.7. The van der Waals surface area contributed by atoms with Crippen LogP contribution in [0.2, 0.25) is 0 Å². The van der Waals surface area contributed by atoms with Crippen LogP contribution in [0.4, 0.5) is 0 Å². The Morgan fingerprint density at radius 1 is 0.810 bits per heavy atom. The van der Waals surface area contributed by atoms with E-state index in [-0.39, 0.29) is 10.8 Å². The second-order valence-corrected chi connectivity index (χ2v) is 16.4. The summed E-state index contributed by atoms with van der Waals surface area (Å²) >= 11 is 1.54. The number of allylic oxidation sites excluding steroid dienone is 4. The maximum atomic E-state index is 3.67. The van der Waals surface area contributed by atoms with Crippen molar-refractivity contribution in [1.82, 2.24) is 0 Å². The number of rotatable bonds is 2. The molecule has 5 rings (SSSR count). The maximum absolute atomic E-state index is 3.67. The van der Waals surface area contributed by atoms with E-state index in [4.69, 9.17) is 0 Å². The molecule has 0 saturated carbocycles. The Bertz CT molecular complexity index is 1380. The van der Waals surface area contributed by atoms with E-state index >= 15 is 0 Å². The number of fused-ring (bicyclic) bond motifs is 3. The predicted octanol–water partition coefficient (Wildman–Crippen LogP) is 11.2. The van der Waals surface area contributed by atoms with Crippen LogP contribution in [0.1, 0.15) is 117 Å². The van der Waals surface area contributed by atoms with Gasteiger partial charge in [0.05, 0.1) is 0 Å². The molecule has 220 valence electrons. The van der Waals surface area contributed by atoms with Gasteiger partial charge >= 0.3 is 76.7 Å². The molecule has 0 spiro atoms. The molecule has 0 bridgehead atoms. The van der Waals surface area contributed by atoms with Gasteiger partial charge in [0.1, 0.15) is 0 Å². The summed E-state index contributed by atoms with van der Waals surface area (Å²) in [6, 6.07) is 25.8. The van der Waals surface area contributed by atoms with Crippen LogP contribution in [0.3, 0.4) is 0 Å². The normalized spacial score (nSPS) is 15.8. The monoisotopic (exact) mass is 634 g/mol. The molecule has 3 aromatic rings. The van der Waals surface area contributed by atoms with Crippen molar-refractivity contribution in [3.05, 3.63) is 118 Å². The van der Waals surface area contributed by atoms with Crippen molar-refractivity contribution in [3.8, 4) is 11.1 Å². The molecule has 1 heteroatoms. The van der Waals surface area contributed by atoms with Gasteiger partial charge < -0.3 is 0 Å². The molecule has 2 aliphatic carbocycles. The molecule has 42 heavy (non-hydrogen) atoms. The number of hydrogen-bond donors (Lipinski definition) is 0. The quantitative estimate of drug-likeness (QED) is 0.192. The standard InChI is InChI=1S/C21H25.C11H17.C9H10.Zr/c1-20(2,3)16-7-9-18-14(12-16)11-15-13-17(21(4,5)6)8-10-19(15)18;1-8-6-9(2)10(7-8)11(3,4)5;1-2-6-9-7-4-3-5-8-9;/h7-10,12H,11H2,1-6H3;7-8H,1-5H3;3-5,7-8H,2H2,1H3;/q2*-1;;+2. The molecule has 0 heterocycles. The SMILES string of the molecule is CC(C)(C)c1[c-]c2c(cc1)-c1ccc(C(C)(C)C)cc1C2.CC1=[C-]C(C)C=C1C(C)(C)C.CC[C](=[Zr+2])c1ccccc1. The molecule has 3 aromatic carbocycles. The first-order valence-electron chi connectivity index (χ1n) is 15.6. The van der Waals surface area contributed by atoms with Crippen molar-refractivity contribution in [1.29, 1.82) is 0 Å². The van der Waals surface area contributed by atoms with Gasteiger partial charge in [0.15, 0.2) is 0 Å². The summed E-state index contributed by atoms with van der Waals surface area (Å²) in [6.07, 6.45) is 7.92. The summed E-state index contributed by atoms with van der Waals surface area (Å²) in [7, 11) is 0. The fraction of sp³-hybridized carbons (Fsp3) is 0.439. The van der Waals surface area contributed by atoms with E-state index in [1.54, 1.807) is 3.21 Å². The third kappa shape index (κ3) is 8.95. The van der Waals surface area contributed by atoms with E-state index < -0.39 is 0 Å². The molecule has 0 fully saturated rings. The van der Waals surface area contributed by atoms with Crippen molar-refractivity contribution >= 4 is 3.21 Å². The van der Waals surface area contributed by atoms with E-state index in [0.717, 1.165) is 6.42 Å². The summed E-state index contributed by atoms with van der Waals surface area (Å²) < 4.78 is 1.55. The van der Waals surface area contributed by atoms with Crippen LogP contribution in [-0.4, -0.2) is 3.21 Å². The summed E-state index contributed by atoms with van der Waals surface area (Å²) in [5, 5.41) is 0. The first-order chi connectivity index (χ1) is 19.4. The van der Waals surface area contributed by atoms with Crippen LogP contribution < -0.4 is 0 Å². The van der Waals surface area contributed by atoms with E-state index in [0.29, 0.717) is 11.3 Å². The molecule has 0 radical (unpaired) electrons. The van der Waals surface area contributed by atoms with Gasteiger partial charge in [-0.25, -0.2) is 5.57 Å². The van der Waals surface area contributed by atoms with Crippen molar-refractivity contribution in [2.45, 2.75) is 107 Å². The summed E-state index contributed by atoms with van der Waals surface area (Å²) in [6.45, 7) is 26.9. The van der Waals surface area contributed by atoms with Gasteiger partial charge in [0.2, 0.25) is 0 Å². The van der Waals surface area contributed by atoms with Crippen LogP contribution in [-0.2, 0) is 41.5 Å². The first kappa shape index (κ1) is 34.4. The second-order valence-electron chi connectivity index (χ2n) is 14.9. The zero-order chi connectivity index (χ0) is 31.5. The van der Waals surface area contributed by atoms with Gasteiger partial charge in [-0.3, -0.25) is 6.08 Å². The minimum absolute atomic E-state index is 0.167. The van der Waals surface area contributed by atoms with Gasteiger partial charge in [-0.2, -0.15) is 35.4 Å². The molecule has 0 aromatic heterocycles. The van der Waals surface area contributed by atoms with Crippen LogP contribution in [0.25, 0.3) is 11.1 Å². The molecular weight excluding hydrogens is 584 g/mol. The van der Waals surface area contributed by atoms with E-state index in [2.05, 4.69) is 162 Å². The molecule has 0 saturated heterocycles. The average Bonchev–Trinajstić information content (AvgIpc) is 3.46. The fourth-order valence-electron chi connectivity index (χ4n) is 5.52. The summed E-state index contributed by atoms with van der Waals surface area (Å²) in [5.74, 6) is 0.518. The zero-order valence-corrected chi connectivity index (χ0v) is 30.8. The number of hydrogen-bond acceptors (Lipinski definition) is 0. The Kier molecular flexibility index (Phi) is 11.2. The van der Waals surface area contributed by atoms with E-state index in [1.165, 1.54) is 80.7 Å². The molecule has 2 aliphatic rings.